The number of hydrogen-bond acceptors (Lipinski definition) is 4. The van der Waals surface area contributed by atoms with Crippen molar-refractivity contribution in [2.24, 2.45) is 11.3 Å². The largest absolute Gasteiger partial charge is 0.381 e. The van der Waals surface area contributed by atoms with Crippen LogP contribution in [0.1, 0.15) is 49.8 Å². The standard InChI is InChI=1S/C21H32N2O2S/c1-22(2)21(18-4-3-13-26-18)9-7-20(8-10-21)14-19(24)23(16-20)11-5-17-6-12-25-15-17/h3-4,13,17H,5-12,14-16H2,1-2H3. The number of amides is 1. The van der Waals surface area contributed by atoms with E-state index in [0.717, 1.165) is 64.8 Å². The molecule has 5 heteroatoms. The predicted octanol–water partition coefficient (Wildman–Crippen LogP) is 3.72. The molecule has 3 fully saturated rings. The van der Waals surface area contributed by atoms with E-state index in [4.69, 9.17) is 4.74 Å². The Kier molecular flexibility index (Phi) is 5.15. The van der Waals surface area contributed by atoms with Gasteiger partial charge in [0, 0.05) is 37.6 Å². The molecule has 4 nitrogen and oxygen atoms in total. The van der Waals surface area contributed by atoms with Crippen LogP contribution in [0.5, 0.6) is 0 Å². The second-order valence-corrected chi connectivity index (χ2v) is 9.86. The molecule has 3 aliphatic rings. The molecule has 0 radical (unpaired) electrons. The van der Waals surface area contributed by atoms with Crippen molar-refractivity contribution in [3.63, 3.8) is 0 Å². The van der Waals surface area contributed by atoms with Gasteiger partial charge in [-0.15, -0.1) is 11.3 Å². The number of carbonyl (C=O) groups is 1. The molecule has 1 aromatic rings. The second-order valence-electron chi connectivity index (χ2n) is 8.91. The van der Waals surface area contributed by atoms with E-state index in [9.17, 15) is 4.79 Å². The van der Waals surface area contributed by atoms with Crippen molar-refractivity contribution in [2.45, 2.75) is 50.5 Å². The third-order valence-electron chi connectivity index (χ3n) is 7.21. The SMILES string of the molecule is CN(C)C1(c2cccs2)CCC2(CC1)CC(=O)N(CCC1CCOC1)C2. The Labute approximate surface area is 161 Å². The highest BCUT2D eigenvalue weighted by Crippen LogP contribution is 2.52. The number of hydrogen-bond donors (Lipinski definition) is 0. The van der Waals surface area contributed by atoms with E-state index >= 15 is 0 Å². The maximum atomic E-state index is 12.7. The van der Waals surface area contributed by atoms with Gasteiger partial charge in [-0.1, -0.05) is 6.07 Å². The fraction of sp³-hybridized carbons (Fsp3) is 0.762. The zero-order valence-electron chi connectivity index (χ0n) is 16.2. The first kappa shape index (κ1) is 18.5. The maximum absolute atomic E-state index is 12.7. The van der Waals surface area contributed by atoms with Gasteiger partial charge in [0.15, 0.2) is 0 Å². The van der Waals surface area contributed by atoms with Gasteiger partial charge in [0.1, 0.15) is 0 Å². The Bertz CT molecular complexity index is 614. The third kappa shape index (κ3) is 3.34. The molecule has 1 atom stereocenters. The van der Waals surface area contributed by atoms with E-state index in [2.05, 4.69) is 41.4 Å². The minimum absolute atomic E-state index is 0.164. The molecule has 1 aromatic heterocycles. The van der Waals surface area contributed by atoms with Crippen molar-refractivity contribution >= 4 is 17.2 Å². The van der Waals surface area contributed by atoms with Gasteiger partial charge in [-0.25, -0.2) is 0 Å². The number of nitrogens with zero attached hydrogens (tertiary/aromatic N) is 2. The van der Waals surface area contributed by atoms with Crippen LogP contribution in [-0.4, -0.2) is 56.1 Å². The van der Waals surface area contributed by atoms with Crippen molar-refractivity contribution in [1.29, 1.82) is 0 Å². The molecule has 26 heavy (non-hydrogen) atoms. The third-order valence-corrected chi connectivity index (χ3v) is 8.27. The molecule has 0 aromatic carbocycles. The minimum atomic E-state index is 0.164. The lowest BCUT2D eigenvalue weighted by molar-refractivity contribution is -0.128. The normalized spacial score (nSPS) is 35.1. The van der Waals surface area contributed by atoms with Crippen LogP contribution in [-0.2, 0) is 15.1 Å². The van der Waals surface area contributed by atoms with Gasteiger partial charge in [0.25, 0.3) is 0 Å². The fourth-order valence-electron chi connectivity index (χ4n) is 5.32. The Morgan fingerprint density at radius 1 is 1.31 bits per heavy atom. The summed E-state index contributed by atoms with van der Waals surface area (Å²) in [5.74, 6) is 1.04. The molecule has 4 rings (SSSR count). The lowest BCUT2D eigenvalue weighted by atomic mass is 9.66. The van der Waals surface area contributed by atoms with Gasteiger partial charge in [0.2, 0.25) is 5.91 Å². The molecule has 144 valence electrons. The van der Waals surface area contributed by atoms with Gasteiger partial charge in [0.05, 0.1) is 5.54 Å². The summed E-state index contributed by atoms with van der Waals surface area (Å²) in [4.78, 5) is 18.7. The van der Waals surface area contributed by atoms with Crippen molar-refractivity contribution in [3.05, 3.63) is 22.4 Å². The first-order chi connectivity index (χ1) is 12.5. The monoisotopic (exact) mass is 376 g/mol. The van der Waals surface area contributed by atoms with E-state index < -0.39 is 0 Å². The smallest absolute Gasteiger partial charge is 0.223 e. The molecular formula is C21H32N2O2S. The molecular weight excluding hydrogens is 344 g/mol. The zero-order chi connectivity index (χ0) is 18.2. The van der Waals surface area contributed by atoms with Crippen LogP contribution >= 0.6 is 11.3 Å². The lowest BCUT2D eigenvalue weighted by Gasteiger charge is -2.48. The van der Waals surface area contributed by atoms with E-state index in [-0.39, 0.29) is 11.0 Å². The lowest BCUT2D eigenvalue weighted by Crippen LogP contribution is -2.47. The van der Waals surface area contributed by atoms with Crippen LogP contribution in [0, 0.1) is 11.3 Å². The quantitative estimate of drug-likeness (QED) is 0.785. The van der Waals surface area contributed by atoms with Crippen molar-refractivity contribution in [2.75, 3.05) is 40.4 Å². The number of rotatable bonds is 5. The van der Waals surface area contributed by atoms with Crippen molar-refractivity contribution < 1.29 is 9.53 Å². The van der Waals surface area contributed by atoms with Gasteiger partial charge >= 0.3 is 0 Å². The molecule has 2 aliphatic heterocycles. The molecule has 1 aliphatic carbocycles. The van der Waals surface area contributed by atoms with Crippen molar-refractivity contribution in [1.82, 2.24) is 9.80 Å². The highest BCUT2D eigenvalue weighted by molar-refractivity contribution is 7.10. The predicted molar refractivity (Wildman–Crippen MR) is 105 cm³/mol. The van der Waals surface area contributed by atoms with Gasteiger partial charge in [-0.05, 0) is 75.4 Å². The van der Waals surface area contributed by atoms with Crippen molar-refractivity contribution in [3.8, 4) is 0 Å². The number of likely N-dealkylation sites (tertiary alicyclic amines) is 1. The molecule has 1 saturated carbocycles. The summed E-state index contributed by atoms with van der Waals surface area (Å²) in [5.41, 5.74) is 0.386. The number of ether oxygens (including phenoxy) is 1. The van der Waals surface area contributed by atoms with E-state index in [1.807, 2.05) is 11.3 Å². The summed E-state index contributed by atoms with van der Waals surface area (Å²) in [7, 11) is 4.43. The summed E-state index contributed by atoms with van der Waals surface area (Å²) in [6.07, 6.45) is 7.70. The first-order valence-electron chi connectivity index (χ1n) is 10.1. The Hall–Kier alpha value is -0.910. The first-order valence-corrected chi connectivity index (χ1v) is 11.0. The average molecular weight is 377 g/mol. The average Bonchev–Trinajstić information content (AvgIpc) is 3.36. The van der Waals surface area contributed by atoms with Crippen LogP contribution in [0.2, 0.25) is 0 Å². The van der Waals surface area contributed by atoms with Gasteiger partial charge in [-0.2, -0.15) is 0 Å². The highest BCUT2D eigenvalue weighted by atomic mass is 32.1. The number of carbonyl (C=O) groups excluding carboxylic acids is 1. The van der Waals surface area contributed by atoms with Crippen LogP contribution < -0.4 is 0 Å². The topological polar surface area (TPSA) is 32.8 Å². The minimum Gasteiger partial charge on any atom is -0.381 e. The highest BCUT2D eigenvalue weighted by Gasteiger charge is 2.50. The Morgan fingerprint density at radius 3 is 2.73 bits per heavy atom. The summed E-state index contributed by atoms with van der Waals surface area (Å²) >= 11 is 1.88. The fourth-order valence-corrected chi connectivity index (χ4v) is 6.39. The van der Waals surface area contributed by atoms with Crippen LogP contribution in [0.15, 0.2) is 17.5 Å². The molecule has 1 spiro atoms. The second kappa shape index (κ2) is 7.25. The Morgan fingerprint density at radius 2 is 2.12 bits per heavy atom. The van der Waals surface area contributed by atoms with E-state index in [0.29, 0.717) is 11.8 Å². The summed E-state index contributed by atoms with van der Waals surface area (Å²) in [6, 6.07) is 4.46. The molecule has 1 unspecified atom stereocenters. The molecule has 0 N–H and O–H groups in total. The number of thiophene rings is 1. The molecule has 2 saturated heterocycles. The zero-order valence-corrected chi connectivity index (χ0v) is 17.0. The summed E-state index contributed by atoms with van der Waals surface area (Å²) in [5, 5.41) is 2.19. The molecule has 3 heterocycles. The van der Waals surface area contributed by atoms with Crippen LogP contribution in [0.4, 0.5) is 0 Å². The van der Waals surface area contributed by atoms with E-state index in [1.165, 1.54) is 11.3 Å². The summed E-state index contributed by atoms with van der Waals surface area (Å²) < 4.78 is 5.48. The van der Waals surface area contributed by atoms with Crippen LogP contribution in [0.25, 0.3) is 0 Å². The van der Waals surface area contributed by atoms with E-state index in [1.54, 1.807) is 0 Å². The van der Waals surface area contributed by atoms with Crippen LogP contribution in [0.3, 0.4) is 0 Å². The Balaban J connectivity index is 1.39. The van der Waals surface area contributed by atoms with Gasteiger partial charge < -0.3 is 9.64 Å². The van der Waals surface area contributed by atoms with Gasteiger partial charge in [-0.3, -0.25) is 9.69 Å². The summed E-state index contributed by atoms with van der Waals surface area (Å²) in [6.45, 7) is 3.70. The molecule has 0 bridgehead atoms. The molecule has 1 amide bonds. The maximum Gasteiger partial charge on any atom is 0.223 e.